The maximum absolute atomic E-state index is 12.5. The Morgan fingerprint density at radius 2 is 2.39 bits per heavy atom. The Bertz CT molecular complexity index is 401. The van der Waals surface area contributed by atoms with Gasteiger partial charge in [-0.1, -0.05) is 17.8 Å². The largest absolute Gasteiger partial charge is 0.334 e. The molecule has 0 saturated carbocycles. The van der Waals surface area contributed by atoms with E-state index in [2.05, 4.69) is 21.8 Å². The third-order valence-electron chi connectivity index (χ3n) is 3.31. The molecule has 1 amide bonds. The van der Waals surface area contributed by atoms with Crippen LogP contribution in [0.5, 0.6) is 0 Å². The van der Waals surface area contributed by atoms with Crippen LogP contribution in [0.15, 0.2) is 0 Å². The number of hydrogen-bond acceptors (Lipinski definition) is 5. The highest BCUT2D eigenvalue weighted by atomic mass is 32.1. The minimum Gasteiger partial charge on any atom is -0.334 e. The molecule has 0 bridgehead atoms. The van der Waals surface area contributed by atoms with Crippen LogP contribution in [-0.2, 0) is 6.42 Å². The normalized spacial score (nSPS) is 19.1. The second kappa shape index (κ2) is 6.24. The lowest BCUT2D eigenvalue weighted by atomic mass is 10.2. The molecule has 100 valence electrons. The minimum atomic E-state index is 0.102. The van der Waals surface area contributed by atoms with Gasteiger partial charge in [0.15, 0.2) is 0 Å². The van der Waals surface area contributed by atoms with Gasteiger partial charge in [0.25, 0.3) is 5.91 Å². The summed E-state index contributed by atoms with van der Waals surface area (Å²) in [5.41, 5.74) is 0.858. The molecular weight excluding hydrogens is 248 g/mol. The molecule has 0 radical (unpaired) electrons. The van der Waals surface area contributed by atoms with Gasteiger partial charge in [-0.15, -0.1) is 5.10 Å². The van der Waals surface area contributed by atoms with Crippen LogP contribution >= 0.6 is 11.5 Å². The fraction of sp³-hybridized carbons (Fsp3) is 0.750. The molecule has 1 unspecified atom stereocenters. The van der Waals surface area contributed by atoms with Crippen molar-refractivity contribution in [2.45, 2.75) is 39.2 Å². The molecule has 5 nitrogen and oxygen atoms in total. The quantitative estimate of drug-likeness (QED) is 0.875. The summed E-state index contributed by atoms with van der Waals surface area (Å²) in [5.74, 6) is 0.102. The molecule has 1 aliphatic heterocycles. The van der Waals surface area contributed by atoms with E-state index in [0.717, 1.165) is 49.5 Å². The van der Waals surface area contributed by atoms with Crippen LogP contribution in [0, 0.1) is 0 Å². The van der Waals surface area contributed by atoms with Crippen molar-refractivity contribution in [1.82, 2.24) is 19.8 Å². The molecule has 2 heterocycles. The molecule has 1 aromatic heterocycles. The van der Waals surface area contributed by atoms with E-state index in [1.54, 1.807) is 0 Å². The molecule has 1 atom stereocenters. The summed E-state index contributed by atoms with van der Waals surface area (Å²) in [6.07, 6.45) is 2.86. The van der Waals surface area contributed by atoms with Gasteiger partial charge in [0.1, 0.15) is 4.88 Å². The van der Waals surface area contributed by atoms with Crippen molar-refractivity contribution in [1.29, 1.82) is 0 Å². The fourth-order valence-corrected chi connectivity index (χ4v) is 3.04. The summed E-state index contributed by atoms with van der Waals surface area (Å²) >= 11 is 1.23. The highest BCUT2D eigenvalue weighted by Gasteiger charge is 2.28. The molecule has 0 aliphatic carbocycles. The molecular formula is C12H20N4OS. The van der Waals surface area contributed by atoms with Gasteiger partial charge < -0.3 is 10.2 Å². The first-order chi connectivity index (χ1) is 8.77. The molecule has 0 spiro atoms. The zero-order valence-corrected chi connectivity index (χ0v) is 11.8. The number of carbonyl (C=O) groups excluding carboxylic acids is 1. The number of carbonyl (C=O) groups is 1. The maximum Gasteiger partial charge on any atom is 0.267 e. The van der Waals surface area contributed by atoms with Crippen LogP contribution in [-0.4, -0.2) is 46.1 Å². The Morgan fingerprint density at radius 3 is 3.00 bits per heavy atom. The van der Waals surface area contributed by atoms with Crippen molar-refractivity contribution in [3.63, 3.8) is 0 Å². The molecule has 1 aromatic rings. The summed E-state index contributed by atoms with van der Waals surface area (Å²) in [7, 11) is 0. The van der Waals surface area contributed by atoms with Gasteiger partial charge in [-0.25, -0.2) is 0 Å². The first-order valence-corrected chi connectivity index (χ1v) is 7.38. The van der Waals surface area contributed by atoms with E-state index < -0.39 is 0 Å². The fourth-order valence-electron chi connectivity index (χ4n) is 2.37. The highest BCUT2D eigenvalue weighted by Crippen LogP contribution is 2.18. The van der Waals surface area contributed by atoms with Crippen LogP contribution in [0.2, 0.25) is 0 Å². The van der Waals surface area contributed by atoms with Crippen LogP contribution in [0.3, 0.4) is 0 Å². The van der Waals surface area contributed by atoms with Crippen molar-refractivity contribution >= 4 is 17.4 Å². The van der Waals surface area contributed by atoms with E-state index >= 15 is 0 Å². The maximum atomic E-state index is 12.5. The molecule has 1 fully saturated rings. The van der Waals surface area contributed by atoms with Gasteiger partial charge >= 0.3 is 0 Å². The lowest BCUT2D eigenvalue weighted by Crippen LogP contribution is -2.41. The molecule has 2 rings (SSSR count). The average Bonchev–Trinajstić information content (AvgIpc) is 3.01. The first-order valence-electron chi connectivity index (χ1n) is 6.60. The zero-order chi connectivity index (χ0) is 13.0. The number of likely N-dealkylation sites (N-methyl/N-ethyl adjacent to an activating group) is 1. The van der Waals surface area contributed by atoms with Crippen LogP contribution in [0.4, 0.5) is 0 Å². The monoisotopic (exact) mass is 268 g/mol. The summed E-state index contributed by atoms with van der Waals surface area (Å²) in [4.78, 5) is 15.2. The zero-order valence-electron chi connectivity index (χ0n) is 11.0. The first kappa shape index (κ1) is 13.4. The van der Waals surface area contributed by atoms with Crippen molar-refractivity contribution in [2.75, 3.05) is 19.6 Å². The Labute approximate surface area is 112 Å². The lowest BCUT2D eigenvalue weighted by molar-refractivity contribution is 0.0707. The van der Waals surface area contributed by atoms with Crippen LogP contribution in [0.1, 0.15) is 42.1 Å². The number of aromatic nitrogens is 2. The summed E-state index contributed by atoms with van der Waals surface area (Å²) < 4.78 is 3.93. The van der Waals surface area contributed by atoms with Crippen molar-refractivity contribution in [2.24, 2.45) is 0 Å². The van der Waals surface area contributed by atoms with Crippen molar-refractivity contribution in [3.05, 3.63) is 10.6 Å². The molecule has 18 heavy (non-hydrogen) atoms. The Hall–Kier alpha value is -1.01. The van der Waals surface area contributed by atoms with Gasteiger partial charge in [0, 0.05) is 19.1 Å². The third kappa shape index (κ3) is 2.70. The Kier molecular flexibility index (Phi) is 4.66. The van der Waals surface area contributed by atoms with E-state index in [0.29, 0.717) is 6.04 Å². The van der Waals surface area contributed by atoms with E-state index in [1.165, 1.54) is 11.5 Å². The average molecular weight is 268 g/mol. The second-order valence-electron chi connectivity index (χ2n) is 4.54. The molecule has 1 saturated heterocycles. The Balaban J connectivity index is 2.14. The van der Waals surface area contributed by atoms with Crippen molar-refractivity contribution in [3.8, 4) is 0 Å². The van der Waals surface area contributed by atoms with Gasteiger partial charge in [-0.05, 0) is 37.8 Å². The molecule has 6 heteroatoms. The number of hydrogen-bond donors (Lipinski definition) is 1. The van der Waals surface area contributed by atoms with Crippen LogP contribution < -0.4 is 5.32 Å². The second-order valence-corrected chi connectivity index (χ2v) is 5.29. The van der Waals surface area contributed by atoms with Gasteiger partial charge in [0.2, 0.25) is 0 Å². The van der Waals surface area contributed by atoms with Gasteiger partial charge in [0.05, 0.1) is 5.69 Å². The number of aryl methyl sites for hydroxylation is 1. The van der Waals surface area contributed by atoms with Crippen LogP contribution in [0.25, 0.3) is 0 Å². The van der Waals surface area contributed by atoms with E-state index in [4.69, 9.17) is 0 Å². The number of nitrogens with zero attached hydrogens (tertiary/aromatic N) is 3. The number of rotatable bonds is 5. The third-order valence-corrected chi connectivity index (χ3v) is 4.07. The number of amides is 1. The minimum absolute atomic E-state index is 0.102. The predicted molar refractivity (Wildman–Crippen MR) is 71.9 cm³/mol. The smallest absolute Gasteiger partial charge is 0.267 e. The SMILES string of the molecule is CCCc1nnsc1C(=O)N(CC)C1CCNC1. The van der Waals surface area contributed by atoms with Crippen molar-refractivity contribution < 1.29 is 4.79 Å². The lowest BCUT2D eigenvalue weighted by Gasteiger charge is -2.26. The molecule has 0 aromatic carbocycles. The highest BCUT2D eigenvalue weighted by molar-refractivity contribution is 7.08. The standard InChI is InChI=1S/C12H20N4OS/c1-3-5-10-11(18-15-14-10)12(17)16(4-2)9-6-7-13-8-9/h9,13H,3-8H2,1-2H3. The summed E-state index contributed by atoms with van der Waals surface area (Å²) in [5, 5.41) is 7.38. The van der Waals surface area contributed by atoms with E-state index in [9.17, 15) is 4.79 Å². The molecule has 1 N–H and O–H groups in total. The Morgan fingerprint density at radius 1 is 1.56 bits per heavy atom. The van der Waals surface area contributed by atoms with E-state index in [-0.39, 0.29) is 5.91 Å². The van der Waals surface area contributed by atoms with E-state index in [1.807, 2.05) is 11.8 Å². The number of nitrogens with one attached hydrogen (secondary N) is 1. The van der Waals surface area contributed by atoms with Gasteiger partial charge in [-0.3, -0.25) is 4.79 Å². The predicted octanol–water partition coefficient (Wildman–Crippen LogP) is 1.31. The molecule has 1 aliphatic rings. The topological polar surface area (TPSA) is 58.1 Å². The summed E-state index contributed by atoms with van der Waals surface area (Å²) in [6.45, 7) is 6.76. The van der Waals surface area contributed by atoms with Gasteiger partial charge in [-0.2, -0.15) is 0 Å². The summed E-state index contributed by atoms with van der Waals surface area (Å²) in [6, 6.07) is 0.319.